The number of carbonyl (C=O) groups excluding carboxylic acids is 1. The number of aliphatic hydroxyl groups is 1. The van der Waals surface area contributed by atoms with Crippen LogP contribution in [-0.4, -0.2) is 23.7 Å². The Kier molecular flexibility index (Phi) is 5.91. The molecule has 1 rings (SSSR count). The van der Waals surface area contributed by atoms with E-state index in [0.717, 1.165) is 9.99 Å². The van der Waals surface area contributed by atoms with E-state index in [1.54, 1.807) is 12.1 Å². The number of amides is 1. The van der Waals surface area contributed by atoms with Crippen molar-refractivity contribution < 1.29 is 9.90 Å². The van der Waals surface area contributed by atoms with Gasteiger partial charge >= 0.3 is 0 Å². The minimum absolute atomic E-state index is 0.135. The molecule has 4 heteroatoms. The van der Waals surface area contributed by atoms with E-state index in [2.05, 4.69) is 27.9 Å². The summed E-state index contributed by atoms with van der Waals surface area (Å²) in [7, 11) is 0. The molecule has 2 N–H and O–H groups in total. The largest absolute Gasteiger partial charge is 0.391 e. The summed E-state index contributed by atoms with van der Waals surface area (Å²) in [5.74, 6) is 0.0655. The number of hydrogen-bond donors (Lipinski definition) is 2. The van der Waals surface area contributed by atoms with Crippen molar-refractivity contribution in [2.45, 2.75) is 26.4 Å². The standard InChI is InChI=1S/C13H18INO2/c1-3-9(2)12(16)8-15-13(17)10-4-6-11(14)7-5-10/h4-7,9,12,16H,3,8H2,1-2H3,(H,15,17). The highest BCUT2D eigenvalue weighted by atomic mass is 127. The Hall–Kier alpha value is -0.620. The molecule has 0 aliphatic carbocycles. The predicted octanol–water partition coefficient (Wildman–Crippen LogP) is 2.43. The first kappa shape index (κ1) is 14.4. The van der Waals surface area contributed by atoms with Gasteiger partial charge in [0.25, 0.3) is 5.91 Å². The van der Waals surface area contributed by atoms with Crippen molar-refractivity contribution in [3.8, 4) is 0 Å². The molecule has 0 aromatic heterocycles. The van der Waals surface area contributed by atoms with Crippen molar-refractivity contribution in [2.24, 2.45) is 5.92 Å². The van der Waals surface area contributed by atoms with E-state index in [0.29, 0.717) is 12.1 Å². The minimum Gasteiger partial charge on any atom is -0.391 e. The van der Waals surface area contributed by atoms with Crippen LogP contribution in [0.3, 0.4) is 0 Å². The van der Waals surface area contributed by atoms with Crippen molar-refractivity contribution in [3.05, 3.63) is 33.4 Å². The summed E-state index contributed by atoms with van der Waals surface area (Å²) < 4.78 is 1.10. The van der Waals surface area contributed by atoms with Gasteiger partial charge in [-0.25, -0.2) is 0 Å². The Morgan fingerprint density at radius 1 is 1.41 bits per heavy atom. The van der Waals surface area contributed by atoms with Gasteiger partial charge < -0.3 is 10.4 Å². The molecule has 0 saturated heterocycles. The Bertz CT molecular complexity index is 364. The summed E-state index contributed by atoms with van der Waals surface area (Å²) in [5.41, 5.74) is 0.627. The monoisotopic (exact) mass is 347 g/mol. The second kappa shape index (κ2) is 6.96. The molecule has 94 valence electrons. The molecule has 1 aromatic carbocycles. The summed E-state index contributed by atoms with van der Waals surface area (Å²) >= 11 is 2.19. The maximum atomic E-state index is 11.7. The smallest absolute Gasteiger partial charge is 0.251 e. The van der Waals surface area contributed by atoms with Crippen LogP contribution in [0.15, 0.2) is 24.3 Å². The van der Waals surface area contributed by atoms with Crippen LogP contribution in [-0.2, 0) is 0 Å². The van der Waals surface area contributed by atoms with Crippen LogP contribution in [0, 0.1) is 9.49 Å². The average molecular weight is 347 g/mol. The summed E-state index contributed by atoms with van der Waals surface area (Å²) in [5, 5.41) is 12.5. The van der Waals surface area contributed by atoms with Gasteiger partial charge in [-0.1, -0.05) is 20.3 Å². The fourth-order valence-electron chi connectivity index (χ4n) is 1.37. The molecule has 1 aromatic rings. The molecule has 0 aliphatic rings. The normalized spacial score (nSPS) is 14.1. The van der Waals surface area contributed by atoms with Gasteiger partial charge in [0, 0.05) is 15.7 Å². The third-order valence-corrected chi connectivity index (χ3v) is 3.60. The third kappa shape index (κ3) is 4.63. The first-order valence-corrected chi connectivity index (χ1v) is 6.84. The van der Waals surface area contributed by atoms with Crippen LogP contribution in [0.1, 0.15) is 30.6 Å². The van der Waals surface area contributed by atoms with E-state index in [1.165, 1.54) is 0 Å². The zero-order valence-electron chi connectivity index (χ0n) is 10.1. The lowest BCUT2D eigenvalue weighted by atomic mass is 10.0. The molecular weight excluding hydrogens is 329 g/mol. The zero-order valence-corrected chi connectivity index (χ0v) is 12.3. The summed E-state index contributed by atoms with van der Waals surface area (Å²) in [6, 6.07) is 7.35. The lowest BCUT2D eigenvalue weighted by molar-refractivity contribution is 0.0850. The van der Waals surface area contributed by atoms with Gasteiger partial charge in [0.05, 0.1) is 6.10 Å². The van der Waals surface area contributed by atoms with Crippen molar-refractivity contribution in [1.82, 2.24) is 5.32 Å². The van der Waals surface area contributed by atoms with Crippen molar-refractivity contribution >= 4 is 28.5 Å². The Morgan fingerprint density at radius 2 is 2.00 bits per heavy atom. The molecular formula is C13H18INO2. The van der Waals surface area contributed by atoms with Crippen molar-refractivity contribution in [2.75, 3.05) is 6.54 Å². The van der Waals surface area contributed by atoms with Gasteiger partial charge in [0.1, 0.15) is 0 Å². The Morgan fingerprint density at radius 3 is 2.53 bits per heavy atom. The van der Waals surface area contributed by atoms with Crippen LogP contribution >= 0.6 is 22.6 Å². The topological polar surface area (TPSA) is 49.3 Å². The molecule has 0 heterocycles. The minimum atomic E-state index is -0.479. The summed E-state index contributed by atoms with van der Waals surface area (Å²) in [6.07, 6.45) is 0.424. The molecule has 3 nitrogen and oxygen atoms in total. The number of rotatable bonds is 5. The molecule has 1 amide bonds. The number of halogens is 1. The van der Waals surface area contributed by atoms with Gasteiger partial charge in [0.15, 0.2) is 0 Å². The van der Waals surface area contributed by atoms with Crippen LogP contribution < -0.4 is 5.32 Å². The molecule has 0 aliphatic heterocycles. The van der Waals surface area contributed by atoms with Crippen molar-refractivity contribution in [1.29, 1.82) is 0 Å². The zero-order chi connectivity index (χ0) is 12.8. The average Bonchev–Trinajstić information content (AvgIpc) is 2.35. The Balaban J connectivity index is 2.47. The molecule has 2 unspecified atom stereocenters. The quantitative estimate of drug-likeness (QED) is 0.804. The van der Waals surface area contributed by atoms with E-state index in [-0.39, 0.29) is 11.8 Å². The van der Waals surface area contributed by atoms with Crippen LogP contribution in [0.25, 0.3) is 0 Å². The highest BCUT2D eigenvalue weighted by Crippen LogP contribution is 2.08. The van der Waals surface area contributed by atoms with E-state index < -0.39 is 6.10 Å². The fraction of sp³-hybridized carbons (Fsp3) is 0.462. The highest BCUT2D eigenvalue weighted by Gasteiger charge is 2.13. The molecule has 17 heavy (non-hydrogen) atoms. The van der Waals surface area contributed by atoms with E-state index in [4.69, 9.17) is 0 Å². The van der Waals surface area contributed by atoms with E-state index in [1.807, 2.05) is 26.0 Å². The molecule has 0 bridgehead atoms. The van der Waals surface area contributed by atoms with Gasteiger partial charge in [-0.2, -0.15) is 0 Å². The van der Waals surface area contributed by atoms with Crippen LogP contribution in [0.5, 0.6) is 0 Å². The number of benzene rings is 1. The SMILES string of the molecule is CCC(C)C(O)CNC(=O)c1ccc(I)cc1. The number of hydrogen-bond acceptors (Lipinski definition) is 2. The second-order valence-corrected chi connectivity index (χ2v) is 5.42. The number of carbonyl (C=O) groups is 1. The highest BCUT2D eigenvalue weighted by molar-refractivity contribution is 14.1. The number of aliphatic hydroxyl groups excluding tert-OH is 1. The van der Waals surface area contributed by atoms with Crippen LogP contribution in [0.2, 0.25) is 0 Å². The lowest BCUT2D eigenvalue weighted by Gasteiger charge is -2.17. The summed E-state index contributed by atoms with van der Waals surface area (Å²) in [6.45, 7) is 4.30. The molecule has 0 radical (unpaired) electrons. The number of nitrogens with one attached hydrogen (secondary N) is 1. The maximum absolute atomic E-state index is 11.7. The second-order valence-electron chi connectivity index (χ2n) is 4.17. The van der Waals surface area contributed by atoms with E-state index in [9.17, 15) is 9.90 Å². The van der Waals surface area contributed by atoms with Gasteiger partial charge in [-0.3, -0.25) is 4.79 Å². The van der Waals surface area contributed by atoms with E-state index >= 15 is 0 Å². The van der Waals surface area contributed by atoms with Crippen LogP contribution in [0.4, 0.5) is 0 Å². The Labute approximate surface area is 116 Å². The third-order valence-electron chi connectivity index (χ3n) is 2.88. The fourth-order valence-corrected chi connectivity index (χ4v) is 1.73. The first-order valence-electron chi connectivity index (χ1n) is 5.76. The first-order chi connectivity index (χ1) is 8.04. The maximum Gasteiger partial charge on any atom is 0.251 e. The van der Waals surface area contributed by atoms with Gasteiger partial charge in [-0.05, 0) is 52.8 Å². The lowest BCUT2D eigenvalue weighted by Crippen LogP contribution is -2.35. The van der Waals surface area contributed by atoms with Crippen molar-refractivity contribution in [3.63, 3.8) is 0 Å². The molecule has 0 saturated carbocycles. The predicted molar refractivity (Wildman–Crippen MR) is 77.0 cm³/mol. The molecule has 2 atom stereocenters. The van der Waals surface area contributed by atoms with Gasteiger partial charge in [0.2, 0.25) is 0 Å². The summed E-state index contributed by atoms with van der Waals surface area (Å²) in [4.78, 5) is 11.7. The molecule has 0 fully saturated rings. The molecule has 0 spiro atoms. The van der Waals surface area contributed by atoms with Gasteiger partial charge in [-0.15, -0.1) is 0 Å².